The molecule has 164 valence electrons. The molecule has 3 aromatic rings. The Hall–Kier alpha value is -2.59. The standard InChI is InChI=1S/C23H19I2N3O4/c1-31-21(29)13-32-22-18(24)9-14(10-19(22)25)8-16(11-26)23(30)27-7-6-15-12-28-20-5-3-2-4-17(15)20/h2-5,8-10,12,28H,6-7,13H2,1H3,(H,27,30)/b16-8-. The SMILES string of the molecule is COC(=O)COc1c(I)cc(/C=C(/C#N)C(=O)NCCc2c[nH]c3ccccc23)cc1I. The van der Waals surface area contributed by atoms with Gasteiger partial charge in [-0.1, -0.05) is 18.2 Å². The minimum atomic E-state index is -0.475. The van der Waals surface area contributed by atoms with Crippen LogP contribution in [0.4, 0.5) is 0 Å². The molecule has 0 aliphatic heterocycles. The Morgan fingerprint density at radius 1 is 1.22 bits per heavy atom. The second kappa shape index (κ2) is 11.3. The van der Waals surface area contributed by atoms with Crippen molar-refractivity contribution in [2.45, 2.75) is 6.42 Å². The van der Waals surface area contributed by atoms with Crippen LogP contribution in [0.5, 0.6) is 5.75 Å². The van der Waals surface area contributed by atoms with Crippen molar-refractivity contribution in [3.05, 3.63) is 66.4 Å². The summed E-state index contributed by atoms with van der Waals surface area (Å²) in [5.41, 5.74) is 2.86. The third kappa shape index (κ3) is 6.01. The van der Waals surface area contributed by atoms with Crippen LogP contribution in [-0.4, -0.2) is 37.1 Å². The third-order valence-corrected chi connectivity index (χ3v) is 6.22. The van der Waals surface area contributed by atoms with Gasteiger partial charge < -0.3 is 19.8 Å². The van der Waals surface area contributed by atoms with Crippen molar-refractivity contribution in [2.75, 3.05) is 20.3 Å². The van der Waals surface area contributed by atoms with Crippen molar-refractivity contribution in [3.63, 3.8) is 0 Å². The van der Waals surface area contributed by atoms with E-state index in [0.29, 0.717) is 24.3 Å². The molecule has 0 aliphatic rings. The van der Waals surface area contributed by atoms with E-state index < -0.39 is 11.9 Å². The lowest BCUT2D eigenvalue weighted by Gasteiger charge is -2.10. The predicted octanol–water partition coefficient (Wildman–Crippen LogP) is 4.19. The van der Waals surface area contributed by atoms with Crippen LogP contribution in [0.2, 0.25) is 0 Å². The van der Waals surface area contributed by atoms with Gasteiger partial charge in [0.15, 0.2) is 6.61 Å². The van der Waals surface area contributed by atoms with Gasteiger partial charge in [0, 0.05) is 23.6 Å². The Morgan fingerprint density at radius 3 is 2.62 bits per heavy atom. The lowest BCUT2D eigenvalue weighted by molar-refractivity contribution is -0.142. The number of hydrogen-bond acceptors (Lipinski definition) is 5. The number of aromatic amines is 1. The zero-order valence-corrected chi connectivity index (χ0v) is 21.4. The number of fused-ring (bicyclic) bond motifs is 1. The maximum Gasteiger partial charge on any atom is 0.343 e. The second-order valence-electron chi connectivity index (χ2n) is 6.71. The Kier molecular flexibility index (Phi) is 8.52. The van der Waals surface area contributed by atoms with Gasteiger partial charge in [0.05, 0.1) is 14.3 Å². The van der Waals surface area contributed by atoms with Gasteiger partial charge in [0.25, 0.3) is 5.91 Å². The van der Waals surface area contributed by atoms with Crippen LogP contribution in [0.25, 0.3) is 17.0 Å². The quantitative estimate of drug-likeness (QED) is 0.164. The molecule has 1 amide bonds. The first kappa shape index (κ1) is 24.1. The summed E-state index contributed by atoms with van der Waals surface area (Å²) in [7, 11) is 1.30. The lowest BCUT2D eigenvalue weighted by Crippen LogP contribution is -2.26. The number of carbonyl (C=O) groups is 2. The first-order valence-electron chi connectivity index (χ1n) is 9.56. The third-order valence-electron chi connectivity index (χ3n) is 4.61. The van der Waals surface area contributed by atoms with Crippen LogP contribution >= 0.6 is 45.2 Å². The van der Waals surface area contributed by atoms with Crippen molar-refractivity contribution in [2.24, 2.45) is 0 Å². The molecule has 0 aliphatic carbocycles. The van der Waals surface area contributed by atoms with E-state index in [9.17, 15) is 14.9 Å². The molecule has 2 N–H and O–H groups in total. The smallest absolute Gasteiger partial charge is 0.343 e. The van der Waals surface area contributed by atoms with E-state index in [-0.39, 0.29) is 12.2 Å². The average molecular weight is 655 g/mol. The lowest BCUT2D eigenvalue weighted by atomic mass is 10.1. The maximum absolute atomic E-state index is 12.5. The normalized spacial score (nSPS) is 11.1. The fraction of sp³-hybridized carbons (Fsp3) is 0.174. The number of aromatic nitrogens is 1. The molecule has 1 aromatic heterocycles. The minimum Gasteiger partial charge on any atom is -0.480 e. The predicted molar refractivity (Wildman–Crippen MR) is 138 cm³/mol. The van der Waals surface area contributed by atoms with Gasteiger partial charge in [-0.3, -0.25) is 4.79 Å². The van der Waals surface area contributed by atoms with Gasteiger partial charge in [0.2, 0.25) is 0 Å². The average Bonchev–Trinajstić information content (AvgIpc) is 3.19. The topological polar surface area (TPSA) is 104 Å². The van der Waals surface area contributed by atoms with E-state index in [0.717, 1.165) is 23.6 Å². The molecular formula is C23H19I2N3O4. The molecule has 0 fully saturated rings. The zero-order chi connectivity index (χ0) is 23.1. The number of benzene rings is 2. The first-order chi connectivity index (χ1) is 15.4. The monoisotopic (exact) mass is 655 g/mol. The second-order valence-corrected chi connectivity index (χ2v) is 9.04. The molecule has 0 spiro atoms. The first-order valence-corrected chi connectivity index (χ1v) is 11.7. The number of nitrogens with zero attached hydrogens (tertiary/aromatic N) is 1. The van der Waals surface area contributed by atoms with Crippen molar-refractivity contribution in [1.29, 1.82) is 5.26 Å². The number of rotatable bonds is 8. The van der Waals surface area contributed by atoms with E-state index in [4.69, 9.17) is 4.74 Å². The molecule has 2 aromatic carbocycles. The number of halogens is 2. The number of hydrogen-bond donors (Lipinski definition) is 2. The molecule has 0 atom stereocenters. The van der Waals surface area contributed by atoms with E-state index in [2.05, 4.69) is 60.2 Å². The van der Waals surface area contributed by atoms with E-state index >= 15 is 0 Å². The van der Waals surface area contributed by atoms with Crippen LogP contribution in [0, 0.1) is 18.5 Å². The summed E-state index contributed by atoms with van der Waals surface area (Å²) in [6, 6.07) is 13.5. The van der Waals surface area contributed by atoms with Crippen LogP contribution in [0.3, 0.4) is 0 Å². The highest BCUT2D eigenvalue weighted by molar-refractivity contribution is 14.1. The fourth-order valence-electron chi connectivity index (χ4n) is 3.05. The van der Waals surface area contributed by atoms with Gasteiger partial charge in [-0.15, -0.1) is 0 Å². The number of H-pyrrole nitrogens is 1. The molecule has 0 saturated carbocycles. The Balaban J connectivity index is 1.66. The summed E-state index contributed by atoms with van der Waals surface area (Å²) in [6.45, 7) is 0.217. The molecule has 7 nitrogen and oxygen atoms in total. The Labute approximate surface area is 212 Å². The van der Waals surface area contributed by atoms with E-state index in [1.165, 1.54) is 13.2 Å². The molecule has 32 heavy (non-hydrogen) atoms. The molecule has 0 unspecified atom stereocenters. The number of esters is 1. The van der Waals surface area contributed by atoms with Crippen LogP contribution in [-0.2, 0) is 20.7 Å². The number of amides is 1. The molecular weight excluding hydrogens is 636 g/mol. The molecule has 0 bridgehead atoms. The summed E-state index contributed by atoms with van der Waals surface area (Å²) in [5.74, 6) is -0.351. The zero-order valence-electron chi connectivity index (χ0n) is 17.1. The van der Waals surface area contributed by atoms with Gasteiger partial charge >= 0.3 is 5.97 Å². The number of para-hydroxylation sites is 1. The number of nitriles is 1. The highest BCUT2D eigenvalue weighted by Gasteiger charge is 2.13. The number of ether oxygens (including phenoxy) is 2. The number of carbonyl (C=O) groups excluding carboxylic acids is 2. The summed E-state index contributed by atoms with van der Waals surface area (Å²) in [5, 5.41) is 13.4. The molecule has 1 heterocycles. The highest BCUT2D eigenvalue weighted by Crippen LogP contribution is 2.30. The highest BCUT2D eigenvalue weighted by atomic mass is 127. The summed E-state index contributed by atoms with van der Waals surface area (Å²) in [4.78, 5) is 27.1. The summed E-state index contributed by atoms with van der Waals surface area (Å²) >= 11 is 4.17. The van der Waals surface area contributed by atoms with E-state index in [1.807, 2.05) is 36.5 Å². The van der Waals surface area contributed by atoms with E-state index in [1.54, 1.807) is 12.1 Å². The van der Waals surface area contributed by atoms with Crippen molar-refractivity contribution < 1.29 is 19.1 Å². The van der Waals surface area contributed by atoms with Gasteiger partial charge in [0.1, 0.15) is 17.4 Å². The van der Waals surface area contributed by atoms with Gasteiger partial charge in [-0.25, -0.2) is 4.79 Å². The largest absolute Gasteiger partial charge is 0.480 e. The summed E-state index contributed by atoms with van der Waals surface area (Å²) < 4.78 is 11.6. The molecule has 9 heteroatoms. The fourth-order valence-corrected chi connectivity index (χ4v) is 5.18. The van der Waals surface area contributed by atoms with Crippen molar-refractivity contribution in [1.82, 2.24) is 10.3 Å². The Bertz CT molecular complexity index is 1200. The van der Waals surface area contributed by atoms with Crippen LogP contribution in [0.1, 0.15) is 11.1 Å². The minimum absolute atomic E-state index is 0.0127. The molecule has 3 rings (SSSR count). The van der Waals surface area contributed by atoms with Gasteiger partial charge in [-0.05, 0) is 87.0 Å². The number of methoxy groups -OCH3 is 1. The van der Waals surface area contributed by atoms with Crippen molar-refractivity contribution in [3.8, 4) is 11.8 Å². The maximum atomic E-state index is 12.5. The number of nitrogens with one attached hydrogen (secondary N) is 2. The van der Waals surface area contributed by atoms with Crippen LogP contribution < -0.4 is 10.1 Å². The van der Waals surface area contributed by atoms with Crippen molar-refractivity contribution >= 4 is 74.0 Å². The van der Waals surface area contributed by atoms with Gasteiger partial charge in [-0.2, -0.15) is 5.26 Å². The molecule has 0 radical (unpaired) electrons. The summed E-state index contributed by atoms with van der Waals surface area (Å²) in [6.07, 6.45) is 4.12. The molecule has 0 saturated heterocycles. The van der Waals surface area contributed by atoms with Crippen LogP contribution in [0.15, 0.2) is 48.2 Å². The Morgan fingerprint density at radius 2 is 1.94 bits per heavy atom.